The molecule has 0 saturated carbocycles. The van der Waals surface area contributed by atoms with Crippen LogP contribution in [0.15, 0.2) is 6.07 Å². The van der Waals surface area contributed by atoms with Crippen molar-refractivity contribution in [2.75, 3.05) is 0 Å². The second-order valence-electron chi connectivity index (χ2n) is 2.10. The van der Waals surface area contributed by atoms with Crippen LogP contribution in [0.2, 0.25) is 10.2 Å². The molecule has 0 aromatic carbocycles. The Morgan fingerprint density at radius 1 is 1.29 bits per heavy atom. The van der Waals surface area contributed by atoms with Crippen molar-refractivity contribution >= 4 is 23.2 Å². The highest BCUT2D eigenvalue weighted by Crippen LogP contribution is 2.32. The molecular formula is C6HCl2F4NO. The molecule has 78 valence electrons. The van der Waals surface area contributed by atoms with Crippen LogP contribution in [0.4, 0.5) is 17.6 Å². The zero-order valence-electron chi connectivity index (χ0n) is 6.20. The highest BCUT2D eigenvalue weighted by Gasteiger charge is 2.33. The normalized spacial score (nSPS) is 11.6. The van der Waals surface area contributed by atoms with Crippen LogP contribution >= 0.6 is 23.2 Å². The number of halogens is 6. The summed E-state index contributed by atoms with van der Waals surface area (Å²) in [5.41, 5.74) is 0. The first-order valence-electron chi connectivity index (χ1n) is 3.07. The first kappa shape index (κ1) is 11.3. The van der Waals surface area contributed by atoms with E-state index in [-0.39, 0.29) is 0 Å². The molecule has 0 unspecified atom stereocenters. The molecular weight excluding hydrogens is 249 g/mol. The molecule has 0 aliphatic carbocycles. The highest BCUT2D eigenvalue weighted by molar-refractivity contribution is 6.33. The van der Waals surface area contributed by atoms with Crippen LogP contribution in [0.1, 0.15) is 0 Å². The fourth-order valence-electron chi connectivity index (χ4n) is 0.647. The summed E-state index contributed by atoms with van der Waals surface area (Å²) in [6, 6.07) is 0.667. The predicted octanol–water partition coefficient (Wildman–Crippen LogP) is 3.43. The van der Waals surface area contributed by atoms with Gasteiger partial charge >= 0.3 is 6.36 Å². The summed E-state index contributed by atoms with van der Waals surface area (Å²) in [4.78, 5) is 2.98. The van der Waals surface area contributed by atoms with Crippen molar-refractivity contribution in [2.24, 2.45) is 0 Å². The van der Waals surface area contributed by atoms with Crippen LogP contribution in [0.25, 0.3) is 0 Å². The Morgan fingerprint density at radius 3 is 2.36 bits per heavy atom. The number of nitrogens with zero attached hydrogens (tertiary/aromatic N) is 1. The Morgan fingerprint density at radius 2 is 1.86 bits per heavy atom. The molecule has 1 rings (SSSR count). The first-order valence-corrected chi connectivity index (χ1v) is 3.82. The fourth-order valence-corrected chi connectivity index (χ4v) is 0.956. The number of hydrogen-bond donors (Lipinski definition) is 0. The molecule has 0 spiro atoms. The number of ether oxygens (including phenoxy) is 1. The van der Waals surface area contributed by atoms with Gasteiger partial charge in [-0.25, -0.2) is 4.98 Å². The van der Waals surface area contributed by atoms with Crippen LogP contribution in [0.5, 0.6) is 5.75 Å². The van der Waals surface area contributed by atoms with Gasteiger partial charge in [-0.1, -0.05) is 23.2 Å². The number of rotatable bonds is 1. The maximum Gasteiger partial charge on any atom is 0.573 e. The van der Waals surface area contributed by atoms with E-state index in [1.807, 2.05) is 0 Å². The Bertz CT molecular complexity index is 354. The van der Waals surface area contributed by atoms with Crippen molar-refractivity contribution in [1.82, 2.24) is 4.98 Å². The topological polar surface area (TPSA) is 22.1 Å². The monoisotopic (exact) mass is 249 g/mol. The minimum atomic E-state index is -4.96. The molecule has 14 heavy (non-hydrogen) atoms. The molecule has 0 saturated heterocycles. The average Bonchev–Trinajstić information content (AvgIpc) is 1.96. The highest BCUT2D eigenvalue weighted by atomic mass is 35.5. The molecule has 1 aromatic heterocycles. The lowest BCUT2D eigenvalue weighted by Gasteiger charge is -2.10. The van der Waals surface area contributed by atoms with Gasteiger partial charge in [-0.15, -0.1) is 13.2 Å². The lowest BCUT2D eigenvalue weighted by atomic mass is 10.4. The summed E-state index contributed by atoms with van der Waals surface area (Å²) in [5, 5.41) is -1.35. The fraction of sp³-hybridized carbons (Fsp3) is 0.167. The molecule has 0 N–H and O–H groups in total. The smallest absolute Gasteiger partial charge is 0.404 e. The van der Waals surface area contributed by atoms with Crippen LogP contribution in [0.3, 0.4) is 0 Å². The summed E-state index contributed by atoms with van der Waals surface area (Å²) < 4.78 is 51.2. The molecule has 1 aromatic rings. The van der Waals surface area contributed by atoms with Gasteiger partial charge in [0.15, 0.2) is 5.75 Å². The van der Waals surface area contributed by atoms with Gasteiger partial charge in [-0.05, 0) is 0 Å². The summed E-state index contributed by atoms with van der Waals surface area (Å²) >= 11 is 10.3. The SMILES string of the molecule is Fc1nc(Cl)cc(OC(F)(F)F)c1Cl. The molecule has 0 aliphatic heterocycles. The maximum absolute atomic E-state index is 12.6. The lowest BCUT2D eigenvalue weighted by molar-refractivity contribution is -0.274. The number of pyridine rings is 1. The largest absolute Gasteiger partial charge is 0.573 e. The Balaban J connectivity index is 3.09. The summed E-state index contributed by atoms with van der Waals surface area (Å²) in [6.07, 6.45) is -4.96. The van der Waals surface area contributed by atoms with Gasteiger partial charge < -0.3 is 4.74 Å². The zero-order valence-corrected chi connectivity index (χ0v) is 7.71. The third kappa shape index (κ3) is 2.88. The van der Waals surface area contributed by atoms with E-state index in [1.54, 1.807) is 0 Å². The van der Waals surface area contributed by atoms with Crippen molar-refractivity contribution in [2.45, 2.75) is 6.36 Å². The standard InChI is InChI=1S/C6HCl2F4NO/c7-3-1-2(14-6(10,11)12)4(8)5(9)13-3/h1H. The predicted molar refractivity (Wildman–Crippen MR) is 40.9 cm³/mol. The second-order valence-corrected chi connectivity index (χ2v) is 2.86. The van der Waals surface area contributed by atoms with Crippen LogP contribution < -0.4 is 4.74 Å². The molecule has 2 nitrogen and oxygen atoms in total. The van der Waals surface area contributed by atoms with E-state index < -0.39 is 28.2 Å². The summed E-state index contributed by atoms with van der Waals surface area (Å²) in [6.45, 7) is 0. The third-order valence-corrected chi connectivity index (χ3v) is 1.61. The van der Waals surface area contributed by atoms with Crippen LogP contribution in [0, 0.1) is 5.95 Å². The van der Waals surface area contributed by atoms with Crippen molar-refractivity contribution in [1.29, 1.82) is 0 Å². The summed E-state index contributed by atoms with van der Waals surface area (Å²) in [7, 11) is 0. The zero-order chi connectivity index (χ0) is 10.9. The molecule has 1 heterocycles. The number of hydrogen-bond acceptors (Lipinski definition) is 2. The maximum atomic E-state index is 12.6. The lowest BCUT2D eigenvalue weighted by Crippen LogP contribution is -2.17. The van der Waals surface area contributed by atoms with Crippen molar-refractivity contribution in [3.63, 3.8) is 0 Å². The van der Waals surface area contributed by atoms with Gasteiger partial charge in [0.1, 0.15) is 10.2 Å². The molecule has 0 atom stereocenters. The summed E-state index contributed by atoms with van der Waals surface area (Å²) in [5.74, 6) is -2.24. The molecule has 0 aliphatic rings. The van der Waals surface area contributed by atoms with Gasteiger partial charge in [0, 0.05) is 6.07 Å². The minimum Gasteiger partial charge on any atom is -0.404 e. The van der Waals surface area contributed by atoms with E-state index in [4.69, 9.17) is 23.2 Å². The van der Waals surface area contributed by atoms with E-state index in [0.29, 0.717) is 6.07 Å². The molecule has 0 amide bonds. The minimum absolute atomic E-state index is 0.480. The van der Waals surface area contributed by atoms with Crippen molar-refractivity contribution in [3.8, 4) is 5.75 Å². The second kappa shape index (κ2) is 3.78. The van der Waals surface area contributed by atoms with Gasteiger partial charge in [-0.2, -0.15) is 4.39 Å². The molecule has 0 bridgehead atoms. The van der Waals surface area contributed by atoms with Crippen molar-refractivity contribution in [3.05, 3.63) is 22.2 Å². The molecule has 8 heteroatoms. The Kier molecular flexibility index (Phi) is 3.06. The average molecular weight is 250 g/mol. The van der Waals surface area contributed by atoms with Crippen LogP contribution in [-0.4, -0.2) is 11.3 Å². The third-order valence-electron chi connectivity index (χ3n) is 1.08. The number of aromatic nitrogens is 1. The van der Waals surface area contributed by atoms with E-state index >= 15 is 0 Å². The Hall–Kier alpha value is -0.750. The van der Waals surface area contributed by atoms with E-state index in [2.05, 4.69) is 9.72 Å². The first-order chi connectivity index (χ1) is 6.29. The quantitative estimate of drug-likeness (QED) is 0.562. The molecule has 0 fully saturated rings. The van der Waals surface area contributed by atoms with E-state index in [0.717, 1.165) is 0 Å². The van der Waals surface area contributed by atoms with Gasteiger partial charge in [-0.3, -0.25) is 0 Å². The Labute approximate surface area is 85.4 Å². The van der Waals surface area contributed by atoms with Gasteiger partial charge in [0.25, 0.3) is 0 Å². The van der Waals surface area contributed by atoms with Gasteiger partial charge in [0.2, 0.25) is 5.95 Å². The van der Waals surface area contributed by atoms with Crippen LogP contribution in [-0.2, 0) is 0 Å². The van der Waals surface area contributed by atoms with E-state index in [1.165, 1.54) is 0 Å². The van der Waals surface area contributed by atoms with Crippen molar-refractivity contribution < 1.29 is 22.3 Å². The van der Waals surface area contributed by atoms with E-state index in [9.17, 15) is 17.6 Å². The van der Waals surface area contributed by atoms with Gasteiger partial charge in [0.05, 0.1) is 0 Å². The number of alkyl halides is 3. The molecule has 0 radical (unpaired) electrons.